The summed E-state index contributed by atoms with van der Waals surface area (Å²) in [5.74, 6) is 0.339. The first-order valence-corrected chi connectivity index (χ1v) is 7.93. The molecule has 0 heterocycles. The molecule has 0 unspecified atom stereocenters. The molecular formula is C18H18ClNO3. The highest BCUT2D eigenvalue weighted by Gasteiger charge is 2.25. The monoisotopic (exact) mass is 331 g/mol. The normalized spacial score (nSPS) is 16.5. The minimum absolute atomic E-state index is 0.0975. The van der Waals surface area contributed by atoms with Crippen molar-refractivity contribution in [1.29, 1.82) is 0 Å². The minimum atomic E-state index is -0.328. The molecule has 23 heavy (non-hydrogen) atoms. The van der Waals surface area contributed by atoms with Crippen molar-refractivity contribution in [3.8, 4) is 11.5 Å². The van der Waals surface area contributed by atoms with Crippen LogP contribution in [0, 0.1) is 0 Å². The lowest BCUT2D eigenvalue weighted by atomic mass is 9.87. The molecule has 0 saturated heterocycles. The summed E-state index contributed by atoms with van der Waals surface area (Å²) < 4.78 is 5.42. The van der Waals surface area contributed by atoms with Gasteiger partial charge < -0.3 is 15.2 Å². The summed E-state index contributed by atoms with van der Waals surface area (Å²) in [5, 5.41) is 13.1. The number of aromatic hydroxyl groups is 1. The van der Waals surface area contributed by atoms with E-state index in [0.29, 0.717) is 0 Å². The first-order valence-electron chi connectivity index (χ1n) is 7.56. The summed E-state index contributed by atoms with van der Waals surface area (Å²) in [4.78, 5) is 12.5. The molecule has 120 valence electrons. The van der Waals surface area contributed by atoms with E-state index in [4.69, 9.17) is 16.3 Å². The second kappa shape index (κ2) is 6.50. The molecule has 0 bridgehead atoms. The van der Waals surface area contributed by atoms with Crippen LogP contribution in [0.3, 0.4) is 0 Å². The Morgan fingerprint density at radius 1 is 1.30 bits per heavy atom. The molecule has 5 heteroatoms. The Balaban J connectivity index is 1.88. The van der Waals surface area contributed by atoms with Crippen LogP contribution < -0.4 is 10.1 Å². The Hall–Kier alpha value is -2.20. The topological polar surface area (TPSA) is 58.6 Å². The van der Waals surface area contributed by atoms with E-state index in [2.05, 4.69) is 5.32 Å². The largest absolute Gasteiger partial charge is 0.506 e. The van der Waals surface area contributed by atoms with Crippen molar-refractivity contribution >= 4 is 17.5 Å². The Labute approximate surface area is 140 Å². The molecule has 0 aromatic heterocycles. The van der Waals surface area contributed by atoms with E-state index in [0.717, 1.165) is 36.1 Å². The summed E-state index contributed by atoms with van der Waals surface area (Å²) in [6.07, 6.45) is 2.77. The van der Waals surface area contributed by atoms with Gasteiger partial charge in [0.05, 0.1) is 23.7 Å². The van der Waals surface area contributed by atoms with E-state index >= 15 is 0 Å². The van der Waals surface area contributed by atoms with Crippen molar-refractivity contribution < 1.29 is 14.6 Å². The maximum absolute atomic E-state index is 12.5. The molecule has 2 N–H and O–H groups in total. The SMILES string of the molecule is COc1cccc2c1CCC[C@H]2NC(=O)c1cccc(Cl)c1O. The number of carbonyl (C=O) groups excluding carboxylic acids is 1. The third-order valence-corrected chi connectivity index (χ3v) is 4.53. The van der Waals surface area contributed by atoms with E-state index in [1.807, 2.05) is 18.2 Å². The van der Waals surface area contributed by atoms with E-state index in [9.17, 15) is 9.90 Å². The van der Waals surface area contributed by atoms with Crippen molar-refractivity contribution in [3.63, 3.8) is 0 Å². The van der Waals surface area contributed by atoms with E-state index < -0.39 is 0 Å². The third-order valence-electron chi connectivity index (χ3n) is 4.22. The van der Waals surface area contributed by atoms with E-state index in [1.165, 1.54) is 0 Å². The number of ether oxygens (including phenoxy) is 1. The number of methoxy groups -OCH3 is 1. The van der Waals surface area contributed by atoms with Crippen molar-refractivity contribution in [2.75, 3.05) is 7.11 Å². The van der Waals surface area contributed by atoms with Gasteiger partial charge >= 0.3 is 0 Å². The third kappa shape index (κ3) is 2.99. The number of hydrogen-bond acceptors (Lipinski definition) is 3. The van der Waals surface area contributed by atoms with Gasteiger partial charge in [-0.05, 0) is 48.6 Å². The van der Waals surface area contributed by atoms with Crippen LogP contribution in [-0.4, -0.2) is 18.1 Å². The number of hydrogen-bond donors (Lipinski definition) is 2. The fourth-order valence-electron chi connectivity index (χ4n) is 3.09. The predicted octanol–water partition coefficient (Wildman–Crippen LogP) is 3.86. The number of fused-ring (bicyclic) bond motifs is 1. The number of phenolic OH excluding ortho intramolecular Hbond substituents is 1. The van der Waals surface area contributed by atoms with Crippen LogP contribution >= 0.6 is 11.6 Å². The lowest BCUT2D eigenvalue weighted by molar-refractivity contribution is 0.0930. The van der Waals surface area contributed by atoms with Crippen LogP contribution in [-0.2, 0) is 6.42 Å². The average Bonchev–Trinajstić information content (AvgIpc) is 2.57. The molecule has 3 rings (SSSR count). The van der Waals surface area contributed by atoms with Crippen LogP contribution in [0.4, 0.5) is 0 Å². The highest BCUT2D eigenvalue weighted by molar-refractivity contribution is 6.32. The fraction of sp³-hybridized carbons (Fsp3) is 0.278. The van der Waals surface area contributed by atoms with Crippen LogP contribution in [0.25, 0.3) is 0 Å². The van der Waals surface area contributed by atoms with Gasteiger partial charge in [0, 0.05) is 0 Å². The minimum Gasteiger partial charge on any atom is -0.506 e. The lowest BCUT2D eigenvalue weighted by Crippen LogP contribution is -2.31. The van der Waals surface area contributed by atoms with Crippen molar-refractivity contribution in [2.45, 2.75) is 25.3 Å². The Morgan fingerprint density at radius 2 is 2.09 bits per heavy atom. The highest BCUT2D eigenvalue weighted by atomic mass is 35.5. The quantitative estimate of drug-likeness (QED) is 0.897. The summed E-state index contributed by atoms with van der Waals surface area (Å²) in [6.45, 7) is 0. The van der Waals surface area contributed by atoms with E-state index in [1.54, 1.807) is 25.3 Å². The Bertz CT molecular complexity index is 745. The number of rotatable bonds is 3. The summed E-state index contributed by atoms with van der Waals surface area (Å²) in [6, 6.07) is 10.5. The predicted molar refractivity (Wildman–Crippen MR) is 89.3 cm³/mol. The average molecular weight is 332 g/mol. The summed E-state index contributed by atoms with van der Waals surface area (Å²) >= 11 is 5.87. The molecular weight excluding hydrogens is 314 g/mol. The Morgan fingerprint density at radius 3 is 2.87 bits per heavy atom. The standard InChI is InChI=1S/C18H18ClNO3/c1-23-16-10-4-5-11-12(16)6-3-9-15(11)20-18(22)13-7-2-8-14(19)17(13)21/h2,4-5,7-8,10,15,21H,3,6,9H2,1H3,(H,20,22)/t15-/m1/s1. The lowest BCUT2D eigenvalue weighted by Gasteiger charge is -2.27. The van der Waals surface area contributed by atoms with Crippen molar-refractivity contribution in [3.05, 3.63) is 58.1 Å². The number of halogens is 1. The number of benzene rings is 2. The maximum atomic E-state index is 12.5. The van der Waals surface area contributed by atoms with E-state index in [-0.39, 0.29) is 28.3 Å². The van der Waals surface area contributed by atoms with Crippen LogP contribution in [0.5, 0.6) is 11.5 Å². The molecule has 1 aliphatic carbocycles. The molecule has 2 aromatic carbocycles. The molecule has 4 nitrogen and oxygen atoms in total. The van der Waals surface area contributed by atoms with Gasteiger partial charge in [-0.25, -0.2) is 0 Å². The first kappa shape index (κ1) is 15.7. The summed E-state index contributed by atoms with van der Waals surface area (Å²) in [5.41, 5.74) is 2.40. The fourth-order valence-corrected chi connectivity index (χ4v) is 3.27. The maximum Gasteiger partial charge on any atom is 0.255 e. The number of carbonyl (C=O) groups is 1. The number of nitrogens with one attached hydrogen (secondary N) is 1. The summed E-state index contributed by atoms with van der Waals surface area (Å²) in [7, 11) is 1.65. The highest BCUT2D eigenvalue weighted by Crippen LogP contribution is 2.36. The van der Waals surface area contributed by atoms with Gasteiger partial charge in [-0.2, -0.15) is 0 Å². The molecule has 0 spiro atoms. The molecule has 2 aromatic rings. The Kier molecular flexibility index (Phi) is 4.44. The van der Waals surface area contributed by atoms with Crippen LogP contribution in [0.2, 0.25) is 5.02 Å². The van der Waals surface area contributed by atoms with Crippen molar-refractivity contribution in [2.24, 2.45) is 0 Å². The molecule has 1 atom stereocenters. The number of phenols is 1. The second-order valence-electron chi connectivity index (χ2n) is 5.58. The zero-order valence-corrected chi connectivity index (χ0v) is 13.6. The van der Waals surface area contributed by atoms with Gasteiger partial charge in [0.1, 0.15) is 11.5 Å². The van der Waals surface area contributed by atoms with Crippen molar-refractivity contribution in [1.82, 2.24) is 5.32 Å². The van der Waals surface area contributed by atoms with Gasteiger partial charge in [0.25, 0.3) is 5.91 Å². The molecule has 0 radical (unpaired) electrons. The van der Waals surface area contributed by atoms with Gasteiger partial charge in [-0.1, -0.05) is 29.8 Å². The zero-order chi connectivity index (χ0) is 16.4. The molecule has 0 saturated carbocycles. The second-order valence-corrected chi connectivity index (χ2v) is 5.99. The molecule has 1 amide bonds. The van der Waals surface area contributed by atoms with Crippen LogP contribution in [0.1, 0.15) is 40.4 Å². The smallest absolute Gasteiger partial charge is 0.255 e. The number of para-hydroxylation sites is 1. The molecule has 0 fully saturated rings. The number of amides is 1. The van der Waals surface area contributed by atoms with Crippen LogP contribution in [0.15, 0.2) is 36.4 Å². The molecule has 0 aliphatic heterocycles. The molecule has 1 aliphatic rings. The van der Waals surface area contributed by atoms with Gasteiger partial charge in [0.2, 0.25) is 0 Å². The zero-order valence-electron chi connectivity index (χ0n) is 12.8. The van der Waals surface area contributed by atoms with Gasteiger partial charge in [0.15, 0.2) is 0 Å². The first-order chi connectivity index (χ1) is 11.1. The van der Waals surface area contributed by atoms with Gasteiger partial charge in [-0.15, -0.1) is 0 Å². The van der Waals surface area contributed by atoms with Gasteiger partial charge in [-0.3, -0.25) is 4.79 Å².